The van der Waals surface area contributed by atoms with Gasteiger partial charge in [0.25, 0.3) is 0 Å². The minimum Gasteiger partial charge on any atom is -0.464 e. The summed E-state index contributed by atoms with van der Waals surface area (Å²) in [6, 6.07) is 0. The average Bonchev–Trinajstić information content (AvgIpc) is 3.38. The fraction of sp³-hybridized carbons (Fsp3) is 0.727. The van der Waals surface area contributed by atoms with E-state index in [4.69, 9.17) is 24.3 Å². The van der Waals surface area contributed by atoms with Crippen LogP contribution in [0.3, 0.4) is 0 Å². The monoisotopic (exact) mass is 531 g/mol. The second kappa shape index (κ2) is 12.9. The van der Waals surface area contributed by atoms with Gasteiger partial charge in [-0.2, -0.15) is 14.4 Å². The van der Waals surface area contributed by atoms with Crippen molar-refractivity contribution in [3.05, 3.63) is 12.4 Å². The van der Waals surface area contributed by atoms with Crippen LogP contribution in [0.25, 0.3) is 11.2 Å². The predicted molar refractivity (Wildman–Crippen MR) is 129 cm³/mol. The van der Waals surface area contributed by atoms with E-state index >= 15 is 0 Å². The fourth-order valence-electron chi connectivity index (χ4n) is 3.90. The van der Waals surface area contributed by atoms with Gasteiger partial charge in [-0.05, 0) is 20.3 Å². The Morgan fingerprint density at radius 3 is 2.83 bits per heavy atom. The van der Waals surface area contributed by atoms with Crippen molar-refractivity contribution < 1.29 is 37.4 Å². The Kier molecular flexibility index (Phi) is 10.1. The van der Waals surface area contributed by atoms with Gasteiger partial charge in [0, 0.05) is 6.42 Å². The topological polar surface area (TPSA) is 161 Å². The maximum atomic E-state index is 13.7. The number of aliphatic hydroxyl groups is 1. The van der Waals surface area contributed by atoms with Gasteiger partial charge in [0.2, 0.25) is 0 Å². The van der Waals surface area contributed by atoms with Gasteiger partial charge in [-0.1, -0.05) is 39.0 Å². The lowest BCUT2D eigenvalue weighted by molar-refractivity contribution is -0.151. The van der Waals surface area contributed by atoms with E-state index in [2.05, 4.69) is 21.9 Å². The molecular weight excluding hydrogens is 496 g/mol. The molecule has 1 aliphatic rings. The summed E-state index contributed by atoms with van der Waals surface area (Å²) in [6.45, 7) is 5.17. The Bertz CT molecular complexity index is 1060. The highest BCUT2D eigenvalue weighted by Gasteiger charge is 2.46. The van der Waals surface area contributed by atoms with Crippen molar-refractivity contribution in [2.45, 2.75) is 89.8 Å². The first-order chi connectivity index (χ1) is 17.1. The third-order valence-electron chi connectivity index (χ3n) is 6.09. The number of unbranched alkanes of at least 4 members (excludes halogenated alkanes) is 5. The Labute approximate surface area is 209 Å². The summed E-state index contributed by atoms with van der Waals surface area (Å²) in [5.74, 6) is -0.731. The van der Waals surface area contributed by atoms with Crippen molar-refractivity contribution in [3.8, 4) is 0 Å². The molecule has 0 amide bonds. The number of ether oxygens (including phenoxy) is 2. The Balaban J connectivity index is 1.46. The Morgan fingerprint density at radius 2 is 2.08 bits per heavy atom. The minimum atomic E-state index is -3.09. The molecule has 2 aromatic heterocycles. The molecule has 0 aliphatic carbocycles. The van der Waals surface area contributed by atoms with Crippen molar-refractivity contribution >= 4 is 31.2 Å². The normalized spacial score (nSPS) is 23.7. The molecule has 1 saturated heterocycles. The number of imidazole rings is 1. The van der Waals surface area contributed by atoms with Crippen LogP contribution < -0.4 is 5.73 Å². The smallest absolute Gasteiger partial charge is 0.335 e. The summed E-state index contributed by atoms with van der Waals surface area (Å²) < 4.78 is 49.0. The van der Waals surface area contributed by atoms with Gasteiger partial charge in [-0.15, -0.1) is 0 Å². The number of hydrogen-bond acceptors (Lipinski definition) is 11. The minimum absolute atomic E-state index is 0.111. The number of aliphatic hydroxyl groups excluding tert-OH is 1. The van der Waals surface area contributed by atoms with Crippen LogP contribution in [0.15, 0.2) is 6.33 Å². The maximum Gasteiger partial charge on any atom is 0.335 e. The third kappa shape index (κ3) is 7.19. The van der Waals surface area contributed by atoms with E-state index < -0.39 is 44.3 Å². The van der Waals surface area contributed by atoms with Crippen LogP contribution in [0.2, 0.25) is 0 Å². The van der Waals surface area contributed by atoms with Crippen molar-refractivity contribution in [1.82, 2.24) is 19.5 Å². The van der Waals surface area contributed by atoms with E-state index in [0.29, 0.717) is 0 Å². The zero-order chi connectivity index (χ0) is 26.3. The van der Waals surface area contributed by atoms with Crippen LogP contribution in [0.1, 0.15) is 71.9 Å². The first-order valence-corrected chi connectivity index (χ1v) is 13.4. The molecule has 0 bridgehead atoms. The van der Waals surface area contributed by atoms with Gasteiger partial charge in [0.05, 0.1) is 25.6 Å². The van der Waals surface area contributed by atoms with Crippen molar-refractivity contribution in [2.24, 2.45) is 0 Å². The largest absolute Gasteiger partial charge is 0.464 e. The van der Waals surface area contributed by atoms with Gasteiger partial charge in [-0.3, -0.25) is 13.7 Å². The number of rotatable bonds is 14. The molecule has 3 N–H and O–H groups in total. The van der Waals surface area contributed by atoms with Crippen LogP contribution in [-0.4, -0.2) is 61.6 Å². The highest BCUT2D eigenvalue weighted by atomic mass is 31.1. The quantitative estimate of drug-likeness (QED) is 0.159. The highest BCUT2D eigenvalue weighted by Crippen LogP contribution is 2.40. The van der Waals surface area contributed by atoms with Gasteiger partial charge in [-0.25, -0.2) is 9.78 Å². The molecule has 3 heterocycles. The molecule has 0 radical (unpaired) electrons. The molecule has 0 spiro atoms. The third-order valence-corrected chi connectivity index (χ3v) is 7.02. The molecule has 0 aromatic carbocycles. The maximum absolute atomic E-state index is 13.7. The van der Waals surface area contributed by atoms with E-state index in [1.807, 2.05) is 0 Å². The molecule has 1 aliphatic heterocycles. The first kappa shape index (κ1) is 28.4. The zero-order valence-corrected chi connectivity index (χ0v) is 21.8. The number of nitrogens with two attached hydrogens (primary N) is 1. The number of hydrogen-bond donors (Lipinski definition) is 2. The average molecular weight is 532 g/mol. The zero-order valence-electron chi connectivity index (χ0n) is 20.8. The number of carbonyl (C=O) groups is 1. The fourth-order valence-corrected chi connectivity index (χ4v) is 4.76. The molecule has 14 heteroatoms. The number of halogens is 1. The van der Waals surface area contributed by atoms with E-state index in [1.54, 1.807) is 6.92 Å². The summed E-state index contributed by atoms with van der Waals surface area (Å²) in [4.78, 5) is 23.3. The van der Waals surface area contributed by atoms with Crippen molar-refractivity contribution in [3.63, 3.8) is 0 Å². The summed E-state index contributed by atoms with van der Waals surface area (Å²) in [5, 5.41) is 10.6. The first-order valence-electron chi connectivity index (χ1n) is 12.2. The standard InChI is InChI=1S/C22H35FN5O7P/c1-4-5-6-7-8-9-10-32-20(30)14(2)35-36(31)33-12-22(3)15(29)11-16(34-22)28-13-25-17-18(24)26-21(23)27-19(17)28/h13-16,29,36H,4-12H2,1-3H3,(H2,24,26,27)/t14-,15-,16+,22+/m0/s1. The van der Waals surface area contributed by atoms with Gasteiger partial charge >= 0.3 is 20.3 Å². The van der Waals surface area contributed by atoms with Crippen LogP contribution in [-0.2, 0) is 27.9 Å². The lowest BCUT2D eigenvalue weighted by Gasteiger charge is -2.27. The predicted octanol–water partition coefficient (Wildman–Crippen LogP) is 3.30. The van der Waals surface area contributed by atoms with Crippen LogP contribution in [0, 0.1) is 6.08 Å². The number of carbonyl (C=O) groups excluding carboxylic acids is 1. The van der Waals surface area contributed by atoms with Gasteiger partial charge < -0.3 is 24.8 Å². The number of esters is 1. The van der Waals surface area contributed by atoms with Crippen molar-refractivity contribution in [2.75, 3.05) is 18.9 Å². The number of aromatic nitrogens is 4. The molecule has 0 saturated carbocycles. The number of anilines is 1. The Hall–Kier alpha value is -2.18. The van der Waals surface area contributed by atoms with E-state index in [1.165, 1.54) is 37.1 Å². The van der Waals surface area contributed by atoms with Crippen LogP contribution in [0.4, 0.5) is 10.2 Å². The van der Waals surface area contributed by atoms with Gasteiger partial charge in [0.1, 0.15) is 11.8 Å². The lowest BCUT2D eigenvalue weighted by Crippen LogP contribution is -2.40. The molecule has 5 atom stereocenters. The molecule has 1 fully saturated rings. The number of fused-ring (bicyclic) bond motifs is 1. The molecule has 3 rings (SSSR count). The highest BCUT2D eigenvalue weighted by molar-refractivity contribution is 7.33. The molecular formula is C22H35FN5O7P. The van der Waals surface area contributed by atoms with E-state index in [-0.39, 0.29) is 36.6 Å². The Morgan fingerprint density at radius 1 is 1.36 bits per heavy atom. The molecule has 2 aromatic rings. The van der Waals surface area contributed by atoms with E-state index in [0.717, 1.165) is 19.3 Å². The van der Waals surface area contributed by atoms with Crippen molar-refractivity contribution in [1.29, 1.82) is 0 Å². The molecule has 36 heavy (non-hydrogen) atoms. The number of nitrogen functional groups attached to an aromatic ring is 1. The second-order valence-electron chi connectivity index (χ2n) is 9.07. The van der Waals surface area contributed by atoms with E-state index in [9.17, 15) is 18.9 Å². The summed E-state index contributed by atoms with van der Waals surface area (Å²) in [7, 11) is -3.09. The molecule has 1 unspecified atom stereocenters. The molecule has 12 nitrogen and oxygen atoms in total. The summed E-state index contributed by atoms with van der Waals surface area (Å²) >= 11 is 0. The second-order valence-corrected chi connectivity index (χ2v) is 10.1. The summed E-state index contributed by atoms with van der Waals surface area (Å²) in [5.41, 5.74) is 4.75. The molecule has 202 valence electrons. The van der Waals surface area contributed by atoms with Crippen LogP contribution in [0.5, 0.6) is 0 Å². The summed E-state index contributed by atoms with van der Waals surface area (Å²) in [6.07, 6.45) is 4.01. The van der Waals surface area contributed by atoms with Crippen LogP contribution >= 0.6 is 8.25 Å². The van der Waals surface area contributed by atoms with Gasteiger partial charge in [0.15, 0.2) is 23.1 Å². The lowest BCUT2D eigenvalue weighted by atomic mass is 10.0. The SMILES string of the molecule is CCCCCCCCOC(=O)[C@H](C)O[PH](=O)OC[C@@]1(C)O[C@@H](n2cnc3c(N)nc(F)nc32)C[C@@H]1O. The number of nitrogens with zero attached hydrogens (tertiary/aromatic N) is 4.